The van der Waals surface area contributed by atoms with Crippen molar-refractivity contribution in [3.63, 3.8) is 0 Å². The van der Waals surface area contributed by atoms with Gasteiger partial charge in [-0.3, -0.25) is 19.2 Å². The van der Waals surface area contributed by atoms with E-state index in [1.54, 1.807) is 0 Å². The summed E-state index contributed by atoms with van der Waals surface area (Å²) in [7, 11) is 0. The van der Waals surface area contributed by atoms with Crippen molar-refractivity contribution in [1.82, 2.24) is 0 Å². The third-order valence-electron chi connectivity index (χ3n) is 9.99. The molecule has 0 bridgehead atoms. The number of unbranched alkanes of at least 4 members (excludes halogenated alkanes) is 20. The molecule has 0 atom stereocenters. The number of hydrogen-bond donors (Lipinski definition) is 0. The van der Waals surface area contributed by atoms with Gasteiger partial charge in [-0.25, -0.2) is 0 Å². The van der Waals surface area contributed by atoms with Gasteiger partial charge in [-0.2, -0.15) is 0 Å². The Bertz CT molecular complexity index is 1010. The maximum atomic E-state index is 12.7. The van der Waals surface area contributed by atoms with Gasteiger partial charge in [0.1, 0.15) is 19.0 Å². The van der Waals surface area contributed by atoms with Gasteiger partial charge in [0, 0.05) is 25.7 Å². The molecule has 7 heteroatoms. The molecule has 0 rings (SSSR count). The highest BCUT2D eigenvalue weighted by atomic mass is 16.6. The molecule has 0 amide bonds. The SMILES string of the molecule is CCCCC/C=C\C/C=C\CCCCCCCC(=O)OCC(COC(=O)CCCCCCC/C=C\C/C=C\CCCCC)OC(=O)CCC(=O)CCCCCCC. The summed E-state index contributed by atoms with van der Waals surface area (Å²) in [5.74, 6) is -1.20. The molecule has 7 nitrogen and oxygen atoms in total. The predicted octanol–water partition coefficient (Wildman–Crippen LogP) is 14.3. The average Bonchev–Trinajstić information content (AvgIpc) is 3.20. The van der Waals surface area contributed by atoms with Gasteiger partial charge in [0.05, 0.1) is 6.42 Å². The van der Waals surface area contributed by atoms with Gasteiger partial charge in [-0.15, -0.1) is 0 Å². The van der Waals surface area contributed by atoms with Crippen LogP contribution in [0.15, 0.2) is 48.6 Å². The molecule has 0 unspecified atom stereocenters. The summed E-state index contributed by atoms with van der Waals surface area (Å²) in [6.45, 7) is 6.27. The van der Waals surface area contributed by atoms with E-state index in [1.807, 2.05) is 0 Å². The molecule has 0 N–H and O–H groups in total. The van der Waals surface area contributed by atoms with Crippen molar-refractivity contribution in [1.29, 1.82) is 0 Å². The highest BCUT2D eigenvalue weighted by Crippen LogP contribution is 2.13. The summed E-state index contributed by atoms with van der Waals surface area (Å²) in [5.41, 5.74) is 0. The third-order valence-corrected chi connectivity index (χ3v) is 9.99. The fourth-order valence-electron chi connectivity index (χ4n) is 6.33. The van der Waals surface area contributed by atoms with Crippen molar-refractivity contribution in [2.45, 2.75) is 232 Å². The van der Waals surface area contributed by atoms with Crippen LogP contribution in [0.2, 0.25) is 0 Å². The number of allylic oxidation sites excluding steroid dienone is 8. The van der Waals surface area contributed by atoms with Crippen LogP contribution in [0.5, 0.6) is 0 Å². The van der Waals surface area contributed by atoms with Crippen LogP contribution in [-0.2, 0) is 33.4 Å². The second-order valence-electron chi connectivity index (χ2n) is 15.6. The molecule has 0 aliphatic carbocycles. The van der Waals surface area contributed by atoms with Crippen LogP contribution in [0.3, 0.4) is 0 Å². The Labute approximate surface area is 350 Å². The van der Waals surface area contributed by atoms with Crippen molar-refractivity contribution < 1.29 is 33.4 Å². The van der Waals surface area contributed by atoms with Crippen molar-refractivity contribution in [3.05, 3.63) is 48.6 Å². The first-order valence-corrected chi connectivity index (χ1v) is 23.5. The van der Waals surface area contributed by atoms with Crippen molar-refractivity contribution in [3.8, 4) is 0 Å². The van der Waals surface area contributed by atoms with E-state index < -0.39 is 12.1 Å². The van der Waals surface area contributed by atoms with E-state index in [4.69, 9.17) is 14.2 Å². The number of carbonyl (C=O) groups excluding carboxylic acids is 4. The molecule has 57 heavy (non-hydrogen) atoms. The van der Waals surface area contributed by atoms with E-state index in [1.165, 1.54) is 57.8 Å². The lowest BCUT2D eigenvalue weighted by Gasteiger charge is -2.18. The quantitative estimate of drug-likeness (QED) is 0.0262. The first kappa shape index (κ1) is 54.0. The number of esters is 3. The van der Waals surface area contributed by atoms with Gasteiger partial charge in [0.15, 0.2) is 6.10 Å². The first-order chi connectivity index (χ1) is 27.9. The number of hydrogen-bond acceptors (Lipinski definition) is 7. The molecule has 0 aliphatic heterocycles. The normalized spacial score (nSPS) is 11.9. The fraction of sp³-hybridized carbons (Fsp3) is 0.760. The van der Waals surface area contributed by atoms with Crippen LogP contribution in [0.1, 0.15) is 226 Å². The van der Waals surface area contributed by atoms with E-state index in [0.29, 0.717) is 19.3 Å². The zero-order chi connectivity index (χ0) is 41.7. The van der Waals surface area contributed by atoms with E-state index in [-0.39, 0.29) is 43.8 Å². The van der Waals surface area contributed by atoms with E-state index in [9.17, 15) is 19.2 Å². The monoisotopic (exact) mass is 799 g/mol. The smallest absolute Gasteiger partial charge is 0.306 e. The molecule has 0 spiro atoms. The number of carbonyl (C=O) groups is 4. The van der Waals surface area contributed by atoms with Crippen LogP contribution < -0.4 is 0 Å². The second kappa shape index (κ2) is 44.1. The van der Waals surface area contributed by atoms with Crippen LogP contribution >= 0.6 is 0 Å². The Hall–Kier alpha value is -2.96. The maximum Gasteiger partial charge on any atom is 0.306 e. The Morgan fingerprint density at radius 1 is 0.368 bits per heavy atom. The second-order valence-corrected chi connectivity index (χ2v) is 15.6. The summed E-state index contributed by atoms with van der Waals surface area (Å²) in [4.78, 5) is 50.0. The summed E-state index contributed by atoms with van der Waals surface area (Å²) in [6.07, 6.45) is 48.0. The highest BCUT2D eigenvalue weighted by molar-refractivity contribution is 5.83. The Morgan fingerprint density at radius 3 is 1.16 bits per heavy atom. The van der Waals surface area contributed by atoms with Crippen LogP contribution in [0.25, 0.3) is 0 Å². The number of ether oxygens (including phenoxy) is 3. The first-order valence-electron chi connectivity index (χ1n) is 23.5. The van der Waals surface area contributed by atoms with Gasteiger partial charge in [-0.05, 0) is 83.5 Å². The molecule has 0 aromatic rings. The lowest BCUT2D eigenvalue weighted by Crippen LogP contribution is -2.31. The summed E-state index contributed by atoms with van der Waals surface area (Å²) < 4.78 is 16.5. The van der Waals surface area contributed by atoms with Crippen molar-refractivity contribution in [2.75, 3.05) is 13.2 Å². The van der Waals surface area contributed by atoms with Gasteiger partial charge in [0.2, 0.25) is 0 Å². The minimum atomic E-state index is -0.899. The Morgan fingerprint density at radius 2 is 0.719 bits per heavy atom. The molecule has 0 aromatic heterocycles. The van der Waals surface area contributed by atoms with E-state index >= 15 is 0 Å². The minimum Gasteiger partial charge on any atom is -0.462 e. The van der Waals surface area contributed by atoms with E-state index in [0.717, 1.165) is 116 Å². The molecular weight excluding hydrogens is 713 g/mol. The Kier molecular flexibility index (Phi) is 41.9. The molecule has 0 aromatic carbocycles. The number of Topliss-reactive ketones (excluding diaryl/α,β-unsaturated/α-hetero) is 1. The molecule has 0 heterocycles. The van der Waals surface area contributed by atoms with Gasteiger partial charge in [0.25, 0.3) is 0 Å². The Balaban J connectivity index is 4.43. The molecular formula is C50H86O7. The topological polar surface area (TPSA) is 96.0 Å². The molecule has 328 valence electrons. The standard InChI is InChI=1S/C50H86O7/c1-4-7-10-13-15-17-19-21-23-25-27-29-31-34-37-40-48(52)55-44-47(57-50(54)43-42-46(51)39-36-33-12-9-6-3)45-56-49(53)41-38-35-32-30-28-26-24-22-20-18-16-14-11-8-5-2/h15-18,21-24,47H,4-14,19-20,25-45H2,1-3H3/b17-15-,18-16-,23-21-,24-22-. The number of ketones is 1. The summed E-state index contributed by atoms with van der Waals surface area (Å²) in [6, 6.07) is 0. The van der Waals surface area contributed by atoms with Gasteiger partial charge in [-0.1, -0.05) is 159 Å². The van der Waals surface area contributed by atoms with Crippen molar-refractivity contribution >= 4 is 23.7 Å². The minimum absolute atomic E-state index is 0.0376. The third kappa shape index (κ3) is 42.5. The van der Waals surface area contributed by atoms with Crippen LogP contribution in [0.4, 0.5) is 0 Å². The zero-order valence-electron chi connectivity index (χ0n) is 37.1. The molecule has 0 saturated heterocycles. The lowest BCUT2D eigenvalue weighted by molar-refractivity contribution is -0.167. The molecule has 0 radical (unpaired) electrons. The van der Waals surface area contributed by atoms with Crippen LogP contribution in [0, 0.1) is 0 Å². The van der Waals surface area contributed by atoms with Gasteiger partial charge >= 0.3 is 17.9 Å². The van der Waals surface area contributed by atoms with E-state index in [2.05, 4.69) is 69.4 Å². The lowest BCUT2D eigenvalue weighted by atomic mass is 10.1. The largest absolute Gasteiger partial charge is 0.462 e. The molecule has 0 saturated carbocycles. The highest BCUT2D eigenvalue weighted by Gasteiger charge is 2.20. The molecule has 0 fully saturated rings. The predicted molar refractivity (Wildman–Crippen MR) is 238 cm³/mol. The zero-order valence-corrected chi connectivity index (χ0v) is 37.1. The maximum absolute atomic E-state index is 12.7. The molecule has 0 aliphatic rings. The van der Waals surface area contributed by atoms with Gasteiger partial charge < -0.3 is 14.2 Å². The summed E-state index contributed by atoms with van der Waals surface area (Å²) >= 11 is 0. The summed E-state index contributed by atoms with van der Waals surface area (Å²) in [5, 5.41) is 0. The average molecular weight is 799 g/mol. The number of rotatable bonds is 42. The fourth-order valence-corrected chi connectivity index (χ4v) is 6.33. The van der Waals surface area contributed by atoms with Crippen molar-refractivity contribution in [2.24, 2.45) is 0 Å². The van der Waals surface area contributed by atoms with Crippen LogP contribution in [-0.4, -0.2) is 43.0 Å².